The van der Waals surface area contributed by atoms with Crippen LogP contribution in [0.3, 0.4) is 0 Å². The van der Waals surface area contributed by atoms with Crippen LogP contribution in [-0.4, -0.2) is 34.3 Å². The number of hydrogen-bond acceptors (Lipinski definition) is 5. The van der Waals surface area contributed by atoms with Gasteiger partial charge in [-0.1, -0.05) is 0 Å². The summed E-state index contributed by atoms with van der Waals surface area (Å²) in [5, 5.41) is 18.4. The zero-order chi connectivity index (χ0) is 12.3. The van der Waals surface area contributed by atoms with E-state index in [1.54, 1.807) is 13.0 Å². The van der Waals surface area contributed by atoms with Crippen molar-refractivity contribution in [3.8, 4) is 5.88 Å². The predicted octanol–water partition coefficient (Wildman–Crippen LogP) is -0.156. The molecule has 2 unspecified atom stereocenters. The number of aliphatic hydroxyl groups excluding tert-OH is 1. The first-order valence-corrected chi connectivity index (χ1v) is 4.64. The average Bonchev–Trinajstić information content (AvgIpc) is 2.25. The minimum absolute atomic E-state index is 0.312. The highest BCUT2D eigenvalue weighted by Crippen LogP contribution is 2.20. The Morgan fingerprint density at radius 3 is 2.69 bits per heavy atom. The smallest absolute Gasteiger partial charge is 0.323 e. The molecule has 1 heterocycles. The van der Waals surface area contributed by atoms with E-state index in [0.717, 1.165) is 0 Å². The lowest BCUT2D eigenvalue weighted by Gasteiger charge is -2.16. The lowest BCUT2D eigenvalue weighted by molar-refractivity contribution is -0.141. The van der Waals surface area contributed by atoms with Gasteiger partial charge >= 0.3 is 5.97 Å². The van der Waals surface area contributed by atoms with Crippen LogP contribution < -0.4 is 10.5 Å². The predicted molar refractivity (Wildman–Crippen MR) is 56.1 cm³/mol. The quantitative estimate of drug-likeness (QED) is 0.659. The lowest BCUT2D eigenvalue weighted by Crippen LogP contribution is -2.36. The molecule has 0 saturated heterocycles. The average molecular weight is 226 g/mol. The number of hydrogen-bond donors (Lipinski definition) is 3. The molecule has 88 valence electrons. The molecule has 6 heteroatoms. The van der Waals surface area contributed by atoms with Crippen molar-refractivity contribution in [2.45, 2.75) is 19.1 Å². The molecule has 0 fully saturated rings. The zero-order valence-corrected chi connectivity index (χ0v) is 9.04. The largest absolute Gasteiger partial charge is 0.481 e. The number of nitrogens with two attached hydrogens (primary N) is 1. The van der Waals surface area contributed by atoms with Gasteiger partial charge < -0.3 is 20.7 Å². The summed E-state index contributed by atoms with van der Waals surface area (Å²) < 4.78 is 4.92. The van der Waals surface area contributed by atoms with E-state index in [9.17, 15) is 9.90 Å². The van der Waals surface area contributed by atoms with Crippen molar-refractivity contribution in [3.05, 3.63) is 23.4 Å². The first kappa shape index (κ1) is 12.4. The number of ether oxygens (including phenoxy) is 1. The second-order valence-corrected chi connectivity index (χ2v) is 3.39. The van der Waals surface area contributed by atoms with Crippen LogP contribution >= 0.6 is 0 Å². The highest BCUT2D eigenvalue weighted by atomic mass is 16.5. The molecule has 4 N–H and O–H groups in total. The van der Waals surface area contributed by atoms with Crippen molar-refractivity contribution in [2.24, 2.45) is 5.73 Å². The Morgan fingerprint density at radius 1 is 1.56 bits per heavy atom. The Labute approximate surface area is 92.7 Å². The van der Waals surface area contributed by atoms with Crippen molar-refractivity contribution in [2.75, 3.05) is 7.11 Å². The molecule has 6 nitrogen and oxygen atoms in total. The lowest BCUT2D eigenvalue weighted by atomic mass is 10.0. The molecule has 0 bridgehead atoms. The number of pyridine rings is 1. The van der Waals surface area contributed by atoms with Crippen LogP contribution in [0.4, 0.5) is 0 Å². The van der Waals surface area contributed by atoms with E-state index in [0.29, 0.717) is 17.1 Å². The van der Waals surface area contributed by atoms with Gasteiger partial charge in [0.1, 0.15) is 12.1 Å². The second kappa shape index (κ2) is 4.91. The third-order valence-electron chi connectivity index (χ3n) is 2.13. The number of methoxy groups -OCH3 is 1. The van der Waals surface area contributed by atoms with Crippen LogP contribution in [0.2, 0.25) is 0 Å². The molecule has 1 rings (SSSR count). The molecule has 0 amide bonds. The highest BCUT2D eigenvalue weighted by Gasteiger charge is 2.24. The zero-order valence-electron chi connectivity index (χ0n) is 9.04. The van der Waals surface area contributed by atoms with Gasteiger partial charge in [0.15, 0.2) is 0 Å². The SMILES string of the molecule is COc1cc(C(O)C(N)C(=O)O)cc(C)n1. The third-order valence-corrected chi connectivity index (χ3v) is 2.13. The molecule has 0 radical (unpaired) electrons. The monoisotopic (exact) mass is 226 g/mol. The van der Waals surface area contributed by atoms with E-state index in [2.05, 4.69) is 4.98 Å². The summed E-state index contributed by atoms with van der Waals surface area (Å²) in [4.78, 5) is 14.6. The fourth-order valence-corrected chi connectivity index (χ4v) is 1.28. The Hall–Kier alpha value is -1.66. The van der Waals surface area contributed by atoms with Gasteiger partial charge in [0.2, 0.25) is 5.88 Å². The molecule has 1 aromatic rings. The normalized spacial score (nSPS) is 14.2. The van der Waals surface area contributed by atoms with Crippen LogP contribution in [0.5, 0.6) is 5.88 Å². The van der Waals surface area contributed by atoms with Gasteiger partial charge in [-0.05, 0) is 18.6 Å². The van der Waals surface area contributed by atoms with Gasteiger partial charge in [0, 0.05) is 11.8 Å². The molecule has 0 aromatic carbocycles. The summed E-state index contributed by atoms with van der Waals surface area (Å²) in [6.45, 7) is 1.71. The first-order valence-electron chi connectivity index (χ1n) is 4.64. The molecule has 16 heavy (non-hydrogen) atoms. The van der Waals surface area contributed by atoms with Crippen molar-refractivity contribution in [1.82, 2.24) is 4.98 Å². The molecule has 0 aliphatic rings. The van der Waals surface area contributed by atoms with E-state index in [1.807, 2.05) is 0 Å². The van der Waals surface area contributed by atoms with Crippen molar-refractivity contribution in [1.29, 1.82) is 0 Å². The summed E-state index contributed by atoms with van der Waals surface area (Å²) in [6.07, 6.45) is -1.28. The number of aromatic nitrogens is 1. The van der Waals surface area contributed by atoms with Crippen LogP contribution in [0.25, 0.3) is 0 Å². The number of aliphatic hydroxyl groups is 1. The molecule has 2 atom stereocenters. The number of rotatable bonds is 4. The summed E-state index contributed by atoms with van der Waals surface area (Å²) in [6, 6.07) is 1.66. The van der Waals surface area contributed by atoms with E-state index >= 15 is 0 Å². The third kappa shape index (κ3) is 2.68. The number of carbonyl (C=O) groups is 1. The minimum atomic E-state index is -1.37. The molecule has 1 aromatic heterocycles. The molecular formula is C10H14N2O4. The molecule has 0 spiro atoms. The maximum Gasteiger partial charge on any atom is 0.323 e. The van der Waals surface area contributed by atoms with Gasteiger partial charge in [-0.25, -0.2) is 4.98 Å². The molecular weight excluding hydrogens is 212 g/mol. The first-order chi connectivity index (χ1) is 7.45. The molecule has 0 aliphatic carbocycles. The van der Waals surface area contributed by atoms with Crippen molar-refractivity contribution >= 4 is 5.97 Å². The van der Waals surface area contributed by atoms with E-state index in [1.165, 1.54) is 13.2 Å². The van der Waals surface area contributed by atoms with E-state index in [4.69, 9.17) is 15.6 Å². The fraction of sp³-hybridized carbons (Fsp3) is 0.400. The maximum absolute atomic E-state index is 10.6. The van der Waals surface area contributed by atoms with Crippen molar-refractivity contribution < 1.29 is 19.7 Å². The molecule has 0 saturated carbocycles. The standard InChI is InChI=1S/C10H14N2O4/c1-5-3-6(4-7(12-5)16-2)9(13)8(11)10(14)15/h3-4,8-9,13H,11H2,1-2H3,(H,14,15). The molecule has 0 aliphatic heterocycles. The Kier molecular flexibility index (Phi) is 3.81. The van der Waals surface area contributed by atoms with Crippen molar-refractivity contribution in [3.63, 3.8) is 0 Å². The number of aliphatic carboxylic acids is 1. The van der Waals surface area contributed by atoms with Gasteiger partial charge in [-0.15, -0.1) is 0 Å². The van der Waals surface area contributed by atoms with Crippen LogP contribution in [-0.2, 0) is 4.79 Å². The highest BCUT2D eigenvalue weighted by molar-refractivity contribution is 5.74. The van der Waals surface area contributed by atoms with Crippen LogP contribution in [0.15, 0.2) is 12.1 Å². The summed E-state index contributed by atoms with van der Waals surface area (Å²) >= 11 is 0. The van der Waals surface area contributed by atoms with Gasteiger partial charge in [-0.2, -0.15) is 0 Å². The number of carboxylic acids is 1. The van der Waals surface area contributed by atoms with Crippen LogP contribution in [0.1, 0.15) is 17.4 Å². The summed E-state index contributed by atoms with van der Waals surface area (Å²) in [5.41, 5.74) is 6.31. The Morgan fingerprint density at radius 2 is 2.19 bits per heavy atom. The Balaban J connectivity index is 3.03. The van der Waals surface area contributed by atoms with E-state index in [-0.39, 0.29) is 0 Å². The second-order valence-electron chi connectivity index (χ2n) is 3.39. The number of nitrogens with zero attached hydrogens (tertiary/aromatic N) is 1. The topological polar surface area (TPSA) is 106 Å². The van der Waals surface area contributed by atoms with Gasteiger partial charge in [0.05, 0.1) is 7.11 Å². The fourth-order valence-electron chi connectivity index (χ4n) is 1.28. The number of carboxylic acid groups (broad SMARTS) is 1. The van der Waals surface area contributed by atoms with Gasteiger partial charge in [-0.3, -0.25) is 4.79 Å². The Bertz CT molecular complexity index is 394. The van der Waals surface area contributed by atoms with E-state index < -0.39 is 18.1 Å². The minimum Gasteiger partial charge on any atom is -0.481 e. The van der Waals surface area contributed by atoms with Crippen LogP contribution in [0, 0.1) is 6.92 Å². The summed E-state index contributed by atoms with van der Waals surface area (Å²) in [7, 11) is 1.44. The summed E-state index contributed by atoms with van der Waals surface area (Å²) in [5.74, 6) is -0.951. The number of aryl methyl sites for hydroxylation is 1. The maximum atomic E-state index is 10.6. The van der Waals surface area contributed by atoms with Gasteiger partial charge in [0.25, 0.3) is 0 Å².